The minimum absolute atomic E-state index is 0.450. The monoisotopic (exact) mass is 174 g/mol. The van der Waals surface area contributed by atoms with Crippen LogP contribution in [0.4, 0.5) is 0 Å². The van der Waals surface area contributed by atoms with E-state index in [2.05, 4.69) is 5.73 Å². The Kier molecular flexibility index (Phi) is 3.87. The second-order valence-corrected chi connectivity index (χ2v) is 2.09. The Bertz CT molecular complexity index is 254. The van der Waals surface area contributed by atoms with Crippen molar-refractivity contribution < 1.29 is 13.6 Å². The molecule has 0 aromatic carbocycles. The van der Waals surface area contributed by atoms with E-state index in [0.717, 1.165) is 0 Å². The van der Waals surface area contributed by atoms with Crippen LogP contribution in [0.25, 0.3) is 0 Å². The van der Waals surface area contributed by atoms with Crippen molar-refractivity contribution >= 4 is 17.2 Å². The molecule has 1 amide bonds. The largest absolute Gasteiger partial charge is 0.755 e. The number of hydrogen-bond donors (Lipinski definition) is 2. The number of rotatable bonds is 3. The van der Waals surface area contributed by atoms with Crippen LogP contribution in [-0.4, -0.2) is 14.7 Å². The van der Waals surface area contributed by atoms with Crippen LogP contribution in [0.1, 0.15) is 0 Å². The van der Waals surface area contributed by atoms with Gasteiger partial charge in [-0.25, -0.2) is 0 Å². The molecule has 0 spiro atoms. The summed E-state index contributed by atoms with van der Waals surface area (Å²) in [6.45, 7) is 0. The highest BCUT2D eigenvalue weighted by Crippen LogP contribution is 1.86. The first-order valence-corrected chi connectivity index (χ1v) is 3.41. The summed E-state index contributed by atoms with van der Waals surface area (Å²) < 4.78 is 21.4. The van der Waals surface area contributed by atoms with Crippen LogP contribution >= 0.6 is 0 Å². The molecule has 1 unspecified atom stereocenters. The third-order valence-corrected chi connectivity index (χ3v) is 0.996. The van der Waals surface area contributed by atoms with Gasteiger partial charge in [-0.2, -0.15) is 5.26 Å². The van der Waals surface area contributed by atoms with Crippen molar-refractivity contribution in [3.63, 3.8) is 0 Å². The molecule has 0 radical (unpaired) electrons. The van der Waals surface area contributed by atoms with E-state index in [1.165, 1.54) is 6.07 Å². The Morgan fingerprint density at radius 2 is 2.36 bits per heavy atom. The predicted molar refractivity (Wildman–Crippen MR) is 34.9 cm³/mol. The second-order valence-electron chi connectivity index (χ2n) is 1.39. The fourth-order valence-corrected chi connectivity index (χ4v) is 0.480. The summed E-state index contributed by atoms with van der Waals surface area (Å²) in [6, 6.07) is 1.41. The summed E-state index contributed by atoms with van der Waals surface area (Å²) in [5.74, 6) is -0.981. The zero-order valence-electron chi connectivity index (χ0n) is 5.23. The van der Waals surface area contributed by atoms with Crippen molar-refractivity contribution in [2.75, 3.05) is 0 Å². The third kappa shape index (κ3) is 4.07. The minimum Gasteiger partial charge on any atom is -0.755 e. The van der Waals surface area contributed by atoms with Crippen molar-refractivity contribution in [2.45, 2.75) is 0 Å². The van der Waals surface area contributed by atoms with E-state index >= 15 is 0 Å². The Morgan fingerprint density at radius 3 is 2.64 bits per heavy atom. The quantitative estimate of drug-likeness (QED) is 0.300. The zero-order valence-corrected chi connectivity index (χ0v) is 6.05. The lowest BCUT2D eigenvalue weighted by Crippen LogP contribution is -2.17. The normalized spacial score (nSPS) is 13.3. The molecule has 0 rings (SSSR count). The van der Waals surface area contributed by atoms with Crippen molar-refractivity contribution in [3.8, 4) is 6.07 Å². The molecule has 0 fully saturated rings. The van der Waals surface area contributed by atoms with Gasteiger partial charge in [-0.15, -0.1) is 0 Å². The number of carbonyl (C=O) groups excluding carboxylic acids is 1. The lowest BCUT2D eigenvalue weighted by atomic mass is 10.3. The molecule has 0 aromatic rings. The van der Waals surface area contributed by atoms with Crippen molar-refractivity contribution in [1.82, 2.24) is 4.72 Å². The van der Waals surface area contributed by atoms with Crippen LogP contribution in [0, 0.1) is 11.3 Å². The summed E-state index contributed by atoms with van der Waals surface area (Å²) in [4.78, 5) is 10.2. The average Bonchev–Trinajstić information content (AvgIpc) is 1.87. The summed E-state index contributed by atoms with van der Waals surface area (Å²) in [5.41, 5.74) is 4.21. The van der Waals surface area contributed by atoms with Gasteiger partial charge in [-0.05, 0) is 0 Å². The first kappa shape index (κ1) is 9.61. The highest BCUT2D eigenvalue weighted by Gasteiger charge is 2.00. The van der Waals surface area contributed by atoms with Gasteiger partial charge in [-0.1, -0.05) is 0 Å². The number of amides is 1. The first-order chi connectivity index (χ1) is 5.07. The molecule has 0 heterocycles. The molecule has 0 aromatic heterocycles. The average molecular weight is 174 g/mol. The van der Waals surface area contributed by atoms with Gasteiger partial charge in [0, 0.05) is 17.5 Å². The van der Waals surface area contributed by atoms with Gasteiger partial charge in [0.25, 0.3) is 5.91 Å². The van der Waals surface area contributed by atoms with Crippen LogP contribution in [0.5, 0.6) is 0 Å². The number of hydrogen-bond acceptors (Lipinski definition) is 4. The number of primary amides is 1. The SMILES string of the molecule is N#CC(=CNS(=O)[O-])C(N)=O. The van der Waals surface area contributed by atoms with Gasteiger partial charge in [-0.3, -0.25) is 9.00 Å². The van der Waals surface area contributed by atoms with E-state index in [4.69, 9.17) is 5.26 Å². The molecule has 1 atom stereocenters. The lowest BCUT2D eigenvalue weighted by Gasteiger charge is -2.01. The van der Waals surface area contributed by atoms with Gasteiger partial charge in [0.05, 0.1) is 0 Å². The third-order valence-electron chi connectivity index (χ3n) is 0.685. The highest BCUT2D eigenvalue weighted by atomic mass is 32.2. The van der Waals surface area contributed by atoms with Gasteiger partial charge in [0.2, 0.25) is 0 Å². The standard InChI is InChI=1S/C4H5N3O3S/c5-1-3(4(6)8)2-7-11(9)10/h2,7H,(H2,6,8)(H,9,10)/p-1. The van der Waals surface area contributed by atoms with E-state index < -0.39 is 22.7 Å². The van der Waals surface area contributed by atoms with E-state index in [0.29, 0.717) is 6.20 Å². The molecule has 3 N–H and O–H groups in total. The molecular weight excluding hydrogens is 170 g/mol. The van der Waals surface area contributed by atoms with Gasteiger partial charge in [0.15, 0.2) is 0 Å². The van der Waals surface area contributed by atoms with Crippen molar-refractivity contribution in [3.05, 3.63) is 11.8 Å². The molecule has 0 aliphatic heterocycles. The molecule has 7 heteroatoms. The van der Waals surface area contributed by atoms with Crippen LogP contribution in [0.3, 0.4) is 0 Å². The Hall–Kier alpha value is -1.39. The molecule has 60 valence electrons. The van der Waals surface area contributed by atoms with Crippen LogP contribution in [-0.2, 0) is 16.1 Å². The minimum atomic E-state index is -2.54. The van der Waals surface area contributed by atoms with Crippen LogP contribution < -0.4 is 10.5 Å². The number of nitriles is 1. The summed E-state index contributed by atoms with van der Waals surface area (Å²) in [5, 5.41) is 8.15. The molecule has 0 aliphatic rings. The zero-order chi connectivity index (χ0) is 8.85. The summed E-state index contributed by atoms with van der Waals surface area (Å²) >= 11 is -2.54. The van der Waals surface area contributed by atoms with E-state index in [9.17, 15) is 13.6 Å². The van der Waals surface area contributed by atoms with Gasteiger partial charge in [0.1, 0.15) is 11.6 Å². The predicted octanol–water partition coefficient (Wildman–Crippen LogP) is -1.74. The number of nitrogens with zero attached hydrogens (tertiary/aromatic N) is 1. The first-order valence-electron chi connectivity index (χ1n) is 2.33. The Morgan fingerprint density at radius 1 is 1.82 bits per heavy atom. The van der Waals surface area contributed by atoms with E-state index in [1.807, 2.05) is 0 Å². The maximum atomic E-state index is 10.2. The maximum Gasteiger partial charge on any atom is 0.260 e. The van der Waals surface area contributed by atoms with Crippen molar-refractivity contribution in [1.29, 1.82) is 5.26 Å². The molecule has 6 nitrogen and oxygen atoms in total. The smallest absolute Gasteiger partial charge is 0.260 e. The van der Waals surface area contributed by atoms with Gasteiger partial charge >= 0.3 is 0 Å². The topological polar surface area (TPSA) is 119 Å². The summed E-state index contributed by atoms with van der Waals surface area (Å²) in [6.07, 6.45) is 0.714. The Balaban J connectivity index is 4.28. The van der Waals surface area contributed by atoms with Gasteiger partial charge < -0.3 is 15.0 Å². The number of nitrogens with two attached hydrogens (primary N) is 1. The second kappa shape index (κ2) is 4.43. The molecule has 0 bridgehead atoms. The summed E-state index contributed by atoms with van der Waals surface area (Å²) in [7, 11) is 0. The number of nitrogens with one attached hydrogen (secondary N) is 1. The van der Waals surface area contributed by atoms with Crippen LogP contribution in [0.2, 0.25) is 0 Å². The Labute approximate surface area is 65.1 Å². The van der Waals surface area contributed by atoms with Crippen LogP contribution in [0.15, 0.2) is 11.8 Å². The molecule has 0 saturated carbocycles. The molecule has 11 heavy (non-hydrogen) atoms. The lowest BCUT2D eigenvalue weighted by molar-refractivity contribution is -0.114. The molecular formula is C4H4N3O3S-. The van der Waals surface area contributed by atoms with E-state index in [-0.39, 0.29) is 0 Å². The molecule has 0 aliphatic carbocycles. The highest BCUT2D eigenvalue weighted by molar-refractivity contribution is 7.77. The van der Waals surface area contributed by atoms with Crippen molar-refractivity contribution in [2.24, 2.45) is 5.73 Å². The maximum absolute atomic E-state index is 10.2. The number of carbonyl (C=O) groups is 1. The fraction of sp³-hybridized carbons (Fsp3) is 0. The van der Waals surface area contributed by atoms with E-state index in [1.54, 1.807) is 4.72 Å². The molecule has 0 saturated heterocycles. The fourth-order valence-electron chi connectivity index (χ4n) is 0.266.